The van der Waals surface area contributed by atoms with E-state index in [2.05, 4.69) is 9.97 Å². The Morgan fingerprint density at radius 2 is 1.96 bits per heavy atom. The van der Waals surface area contributed by atoms with Crippen molar-refractivity contribution in [1.29, 1.82) is 0 Å². The molecule has 4 aromatic rings. The van der Waals surface area contributed by atoms with E-state index in [0.717, 1.165) is 10.2 Å². The van der Waals surface area contributed by atoms with Crippen LogP contribution in [0.2, 0.25) is 5.02 Å². The van der Waals surface area contributed by atoms with Crippen molar-refractivity contribution >= 4 is 43.4 Å². The number of hydrogen-bond acceptors (Lipinski definition) is 5. The van der Waals surface area contributed by atoms with Crippen LogP contribution in [0.1, 0.15) is 0 Å². The minimum absolute atomic E-state index is 0.137. The Hall–Kier alpha value is -2.44. The van der Waals surface area contributed by atoms with Crippen molar-refractivity contribution in [1.82, 2.24) is 14.5 Å². The molecule has 0 radical (unpaired) electrons. The molecular weight excluding hydrogens is 334 g/mol. The topological polar surface area (TPSA) is 57.0 Å². The van der Waals surface area contributed by atoms with E-state index in [4.69, 9.17) is 16.3 Å². The van der Waals surface area contributed by atoms with Crippen LogP contribution in [0.3, 0.4) is 0 Å². The van der Waals surface area contributed by atoms with Gasteiger partial charge in [0.1, 0.15) is 27.1 Å². The van der Waals surface area contributed by atoms with Crippen LogP contribution in [0.5, 0.6) is 5.75 Å². The lowest BCUT2D eigenvalue weighted by Crippen LogP contribution is -2.17. The van der Waals surface area contributed by atoms with Gasteiger partial charge in [-0.2, -0.15) is 0 Å². The van der Waals surface area contributed by atoms with E-state index in [1.54, 1.807) is 43.6 Å². The molecule has 0 atom stereocenters. The number of benzene rings is 1. The molecule has 0 spiro atoms. The summed E-state index contributed by atoms with van der Waals surface area (Å²) in [6, 6.07) is 8.81. The molecule has 1 aromatic carbocycles. The Morgan fingerprint density at radius 1 is 1.17 bits per heavy atom. The molecule has 114 valence electrons. The second kappa shape index (κ2) is 5.33. The zero-order valence-corrected chi connectivity index (χ0v) is 13.6. The number of hydrogen-bond donors (Lipinski definition) is 0. The number of pyridine rings is 1. The van der Waals surface area contributed by atoms with Crippen molar-refractivity contribution in [2.24, 2.45) is 0 Å². The van der Waals surface area contributed by atoms with Crippen LogP contribution in [-0.4, -0.2) is 21.6 Å². The van der Waals surface area contributed by atoms with Gasteiger partial charge in [-0.3, -0.25) is 9.36 Å². The summed E-state index contributed by atoms with van der Waals surface area (Å²) in [7, 11) is 1.59. The van der Waals surface area contributed by atoms with Gasteiger partial charge >= 0.3 is 0 Å². The Kier molecular flexibility index (Phi) is 3.28. The van der Waals surface area contributed by atoms with Crippen LogP contribution in [0.15, 0.2) is 47.7 Å². The Bertz CT molecular complexity index is 1090. The number of nitrogens with zero attached hydrogens (tertiary/aromatic N) is 3. The molecule has 3 heterocycles. The third-order valence-electron chi connectivity index (χ3n) is 3.57. The van der Waals surface area contributed by atoms with E-state index in [9.17, 15) is 4.79 Å². The predicted octanol–water partition coefficient (Wildman–Crippen LogP) is 3.66. The van der Waals surface area contributed by atoms with Gasteiger partial charge in [0.2, 0.25) is 0 Å². The Labute approximate surface area is 139 Å². The van der Waals surface area contributed by atoms with Crippen LogP contribution in [0.4, 0.5) is 0 Å². The van der Waals surface area contributed by atoms with Crippen molar-refractivity contribution < 1.29 is 4.74 Å². The van der Waals surface area contributed by atoms with Gasteiger partial charge in [0.25, 0.3) is 5.56 Å². The highest BCUT2D eigenvalue weighted by molar-refractivity contribution is 7.25. The number of halogens is 1. The molecule has 7 heteroatoms. The first-order valence-corrected chi connectivity index (χ1v) is 7.97. The van der Waals surface area contributed by atoms with E-state index >= 15 is 0 Å². The van der Waals surface area contributed by atoms with Crippen LogP contribution in [-0.2, 0) is 0 Å². The molecule has 0 aliphatic heterocycles. The van der Waals surface area contributed by atoms with Gasteiger partial charge in [-0.15, -0.1) is 11.3 Å². The van der Waals surface area contributed by atoms with Gasteiger partial charge in [-0.05, 0) is 30.3 Å². The molecule has 0 aliphatic carbocycles. The van der Waals surface area contributed by atoms with E-state index < -0.39 is 0 Å². The molecule has 0 fully saturated rings. The van der Waals surface area contributed by atoms with Crippen molar-refractivity contribution in [2.75, 3.05) is 7.11 Å². The smallest absolute Gasteiger partial charge is 0.275 e. The summed E-state index contributed by atoms with van der Waals surface area (Å²) < 4.78 is 7.42. The van der Waals surface area contributed by atoms with Crippen molar-refractivity contribution in [3.8, 4) is 11.4 Å². The Balaban J connectivity index is 2.04. The highest BCUT2D eigenvalue weighted by Gasteiger charge is 2.16. The lowest BCUT2D eigenvalue weighted by molar-refractivity contribution is 0.420. The molecule has 3 aromatic heterocycles. The van der Waals surface area contributed by atoms with Crippen molar-refractivity contribution in [3.05, 3.63) is 58.2 Å². The standard InChI is InChI=1S/C16H10ClN3O2S/c1-22-11-6-7-18-15-12(11)13-14(23-15)16(21)20(8-19-13)10-4-2-9(17)3-5-10/h2-8H,1H3. The second-order valence-electron chi connectivity index (χ2n) is 4.87. The van der Waals surface area contributed by atoms with Gasteiger partial charge in [0.05, 0.1) is 18.2 Å². The molecule has 23 heavy (non-hydrogen) atoms. The molecule has 0 saturated carbocycles. The average Bonchev–Trinajstić information content (AvgIpc) is 2.96. The molecule has 0 bridgehead atoms. The third-order valence-corrected chi connectivity index (χ3v) is 4.90. The fraction of sp³-hybridized carbons (Fsp3) is 0.0625. The van der Waals surface area contributed by atoms with E-state index in [1.807, 2.05) is 0 Å². The van der Waals surface area contributed by atoms with Gasteiger partial charge < -0.3 is 4.74 Å². The lowest BCUT2D eigenvalue weighted by Gasteiger charge is -2.05. The predicted molar refractivity (Wildman–Crippen MR) is 92.1 cm³/mol. The Morgan fingerprint density at radius 3 is 2.70 bits per heavy atom. The molecule has 5 nitrogen and oxygen atoms in total. The zero-order chi connectivity index (χ0) is 16.0. The van der Waals surface area contributed by atoms with Gasteiger partial charge in [0.15, 0.2) is 0 Å². The summed E-state index contributed by atoms with van der Waals surface area (Å²) in [6.45, 7) is 0. The molecule has 0 N–H and O–H groups in total. The SMILES string of the molecule is COc1ccnc2sc3c(=O)n(-c4ccc(Cl)cc4)cnc3c12. The largest absolute Gasteiger partial charge is 0.496 e. The van der Waals surface area contributed by atoms with Crippen molar-refractivity contribution in [2.45, 2.75) is 0 Å². The maximum atomic E-state index is 12.8. The first kappa shape index (κ1) is 14.2. The highest BCUT2D eigenvalue weighted by atomic mass is 35.5. The van der Waals surface area contributed by atoms with E-state index in [-0.39, 0.29) is 5.56 Å². The monoisotopic (exact) mass is 343 g/mol. The summed E-state index contributed by atoms with van der Waals surface area (Å²) >= 11 is 7.21. The van der Waals surface area contributed by atoms with Crippen LogP contribution >= 0.6 is 22.9 Å². The fourth-order valence-electron chi connectivity index (χ4n) is 2.48. The summed E-state index contributed by atoms with van der Waals surface area (Å²) in [4.78, 5) is 22.3. The molecule has 0 unspecified atom stereocenters. The quantitative estimate of drug-likeness (QED) is 0.557. The maximum Gasteiger partial charge on any atom is 0.275 e. The lowest BCUT2D eigenvalue weighted by atomic mass is 10.2. The second-order valence-corrected chi connectivity index (χ2v) is 6.30. The van der Waals surface area contributed by atoms with Crippen molar-refractivity contribution in [3.63, 3.8) is 0 Å². The minimum atomic E-state index is -0.137. The zero-order valence-electron chi connectivity index (χ0n) is 12.0. The summed E-state index contributed by atoms with van der Waals surface area (Å²) in [6.07, 6.45) is 3.18. The van der Waals surface area contributed by atoms with Gasteiger partial charge in [-0.1, -0.05) is 11.6 Å². The maximum absolute atomic E-state index is 12.8. The summed E-state index contributed by atoms with van der Waals surface area (Å²) in [5.41, 5.74) is 1.19. The van der Waals surface area contributed by atoms with Crippen LogP contribution in [0, 0.1) is 0 Å². The summed E-state index contributed by atoms with van der Waals surface area (Å²) in [5.74, 6) is 0.664. The molecule has 0 aliphatic rings. The molecule has 0 saturated heterocycles. The summed E-state index contributed by atoms with van der Waals surface area (Å²) in [5, 5.41) is 1.39. The van der Waals surface area contributed by atoms with Gasteiger partial charge in [0, 0.05) is 11.2 Å². The van der Waals surface area contributed by atoms with E-state index in [0.29, 0.717) is 26.7 Å². The third kappa shape index (κ3) is 2.18. The number of ether oxygens (including phenoxy) is 1. The first-order valence-electron chi connectivity index (χ1n) is 6.78. The fourth-order valence-corrected chi connectivity index (χ4v) is 3.65. The highest BCUT2D eigenvalue weighted by Crippen LogP contribution is 2.35. The average molecular weight is 344 g/mol. The number of fused-ring (bicyclic) bond motifs is 3. The number of rotatable bonds is 2. The van der Waals surface area contributed by atoms with Crippen LogP contribution < -0.4 is 10.3 Å². The molecule has 4 rings (SSSR count). The molecular formula is C16H10ClN3O2S. The van der Waals surface area contributed by atoms with E-state index in [1.165, 1.54) is 22.2 Å². The van der Waals surface area contributed by atoms with Gasteiger partial charge in [-0.25, -0.2) is 9.97 Å². The number of aromatic nitrogens is 3. The number of methoxy groups -OCH3 is 1. The number of thiophene rings is 1. The van der Waals surface area contributed by atoms with Crippen LogP contribution in [0.25, 0.3) is 26.1 Å². The molecule has 0 amide bonds. The minimum Gasteiger partial charge on any atom is -0.496 e. The normalized spacial score (nSPS) is 11.2. The first-order chi connectivity index (χ1) is 11.2.